The average Bonchev–Trinajstić information content (AvgIpc) is 2.85. The first-order valence-electron chi connectivity index (χ1n) is 7.23. The number of nitrogens with one attached hydrogen (secondary N) is 1. The van der Waals surface area contributed by atoms with Crippen molar-refractivity contribution in [3.05, 3.63) is 18.0 Å². The molecular formula is C14H25N3S. The van der Waals surface area contributed by atoms with Crippen molar-refractivity contribution in [1.82, 2.24) is 15.1 Å². The number of hydrogen-bond acceptors (Lipinski definition) is 3. The molecule has 1 saturated heterocycles. The Morgan fingerprint density at radius 3 is 3.06 bits per heavy atom. The first kappa shape index (κ1) is 13.9. The maximum Gasteiger partial charge on any atom is 0.0612 e. The molecule has 0 bridgehead atoms. The quantitative estimate of drug-likeness (QED) is 0.858. The number of rotatable bonds is 6. The Bertz CT molecular complexity index is 345. The van der Waals surface area contributed by atoms with Crippen LogP contribution in [0.15, 0.2) is 12.3 Å². The predicted molar refractivity (Wildman–Crippen MR) is 79.0 cm³/mol. The third-order valence-electron chi connectivity index (χ3n) is 3.51. The van der Waals surface area contributed by atoms with Gasteiger partial charge >= 0.3 is 0 Å². The summed E-state index contributed by atoms with van der Waals surface area (Å²) in [4.78, 5) is 0. The van der Waals surface area contributed by atoms with Crippen LogP contribution in [0.3, 0.4) is 0 Å². The second-order valence-electron chi connectivity index (χ2n) is 4.92. The van der Waals surface area contributed by atoms with Crippen LogP contribution in [0.2, 0.25) is 0 Å². The highest BCUT2D eigenvalue weighted by Gasteiger charge is 2.27. The zero-order chi connectivity index (χ0) is 12.8. The van der Waals surface area contributed by atoms with Crippen LogP contribution < -0.4 is 5.32 Å². The van der Waals surface area contributed by atoms with Crippen LogP contribution >= 0.6 is 11.8 Å². The highest BCUT2D eigenvalue weighted by atomic mass is 32.2. The molecule has 3 nitrogen and oxygen atoms in total. The van der Waals surface area contributed by atoms with Gasteiger partial charge in [0, 0.05) is 18.0 Å². The van der Waals surface area contributed by atoms with Crippen molar-refractivity contribution in [2.24, 2.45) is 0 Å². The van der Waals surface area contributed by atoms with E-state index in [0.717, 1.165) is 19.5 Å². The summed E-state index contributed by atoms with van der Waals surface area (Å²) in [5.41, 5.74) is 1.37. The van der Waals surface area contributed by atoms with Crippen molar-refractivity contribution in [1.29, 1.82) is 0 Å². The summed E-state index contributed by atoms with van der Waals surface area (Å²) in [6, 6.07) is 2.66. The minimum absolute atomic E-state index is 0.467. The lowest BCUT2D eigenvalue weighted by Gasteiger charge is -2.30. The fourth-order valence-corrected chi connectivity index (χ4v) is 4.12. The molecule has 0 spiro atoms. The van der Waals surface area contributed by atoms with Crippen LogP contribution in [0.25, 0.3) is 0 Å². The number of nitrogens with zero attached hydrogens (tertiary/aromatic N) is 2. The van der Waals surface area contributed by atoms with Gasteiger partial charge in [-0.15, -0.1) is 0 Å². The van der Waals surface area contributed by atoms with E-state index in [1.807, 2.05) is 6.20 Å². The van der Waals surface area contributed by atoms with Crippen LogP contribution in [-0.2, 0) is 6.54 Å². The van der Waals surface area contributed by atoms with E-state index in [1.54, 1.807) is 0 Å². The van der Waals surface area contributed by atoms with Crippen molar-refractivity contribution in [3.8, 4) is 0 Å². The van der Waals surface area contributed by atoms with E-state index in [9.17, 15) is 0 Å². The lowest BCUT2D eigenvalue weighted by Crippen LogP contribution is -2.33. The van der Waals surface area contributed by atoms with Crippen molar-refractivity contribution >= 4 is 11.8 Å². The van der Waals surface area contributed by atoms with Gasteiger partial charge in [0.2, 0.25) is 0 Å². The molecule has 0 aromatic carbocycles. The second-order valence-corrected chi connectivity index (χ2v) is 6.27. The van der Waals surface area contributed by atoms with E-state index in [1.165, 1.54) is 30.7 Å². The van der Waals surface area contributed by atoms with Gasteiger partial charge in [0.1, 0.15) is 0 Å². The maximum atomic E-state index is 4.47. The van der Waals surface area contributed by atoms with Crippen LogP contribution in [0.4, 0.5) is 0 Å². The normalized spacial score (nSPS) is 22.0. The number of aromatic nitrogens is 2. The standard InChI is InChI=1S/C14H25N3S/c1-3-10-17-12(8-9-16-17)14(15-4-2)13-7-5-6-11-18-13/h8-9,13-15H,3-7,10-11H2,1-2H3. The molecule has 102 valence electrons. The van der Waals surface area contributed by atoms with Crippen molar-refractivity contribution < 1.29 is 0 Å². The summed E-state index contributed by atoms with van der Waals surface area (Å²) in [6.07, 6.45) is 7.18. The fraction of sp³-hybridized carbons (Fsp3) is 0.786. The van der Waals surface area contributed by atoms with E-state index in [2.05, 4.69) is 46.8 Å². The van der Waals surface area contributed by atoms with Crippen molar-refractivity contribution in [3.63, 3.8) is 0 Å². The van der Waals surface area contributed by atoms with Gasteiger partial charge in [-0.1, -0.05) is 20.3 Å². The Morgan fingerprint density at radius 1 is 1.50 bits per heavy atom. The van der Waals surface area contributed by atoms with E-state index in [4.69, 9.17) is 0 Å². The Hall–Kier alpha value is -0.480. The molecule has 18 heavy (non-hydrogen) atoms. The summed E-state index contributed by atoms with van der Waals surface area (Å²) in [7, 11) is 0. The molecule has 1 aliphatic heterocycles. The Balaban J connectivity index is 2.14. The zero-order valence-corrected chi connectivity index (χ0v) is 12.4. The molecule has 1 fully saturated rings. The Morgan fingerprint density at radius 2 is 2.39 bits per heavy atom. The minimum Gasteiger partial charge on any atom is -0.308 e. The van der Waals surface area contributed by atoms with Crippen molar-refractivity contribution in [2.45, 2.75) is 57.4 Å². The molecular weight excluding hydrogens is 242 g/mol. The Labute approximate surface area is 115 Å². The lowest BCUT2D eigenvalue weighted by molar-refractivity contribution is 0.446. The monoisotopic (exact) mass is 267 g/mol. The highest BCUT2D eigenvalue weighted by molar-refractivity contribution is 8.00. The summed E-state index contributed by atoms with van der Waals surface area (Å²) < 4.78 is 2.18. The molecule has 1 aliphatic rings. The molecule has 1 N–H and O–H groups in total. The maximum absolute atomic E-state index is 4.47. The predicted octanol–water partition coefficient (Wildman–Crippen LogP) is 3.23. The van der Waals surface area contributed by atoms with E-state index in [-0.39, 0.29) is 0 Å². The van der Waals surface area contributed by atoms with Gasteiger partial charge in [-0.25, -0.2) is 0 Å². The number of thioether (sulfide) groups is 1. The van der Waals surface area contributed by atoms with Gasteiger partial charge in [0.25, 0.3) is 0 Å². The topological polar surface area (TPSA) is 29.9 Å². The smallest absolute Gasteiger partial charge is 0.0612 e. The van der Waals surface area contributed by atoms with E-state index < -0.39 is 0 Å². The molecule has 0 amide bonds. The summed E-state index contributed by atoms with van der Waals surface area (Å²) in [5.74, 6) is 1.31. The zero-order valence-electron chi connectivity index (χ0n) is 11.6. The third-order valence-corrected chi connectivity index (χ3v) is 4.97. The van der Waals surface area contributed by atoms with Gasteiger partial charge in [-0.05, 0) is 37.6 Å². The first-order valence-corrected chi connectivity index (χ1v) is 8.28. The summed E-state index contributed by atoms with van der Waals surface area (Å²) in [6.45, 7) is 6.46. The average molecular weight is 267 g/mol. The summed E-state index contributed by atoms with van der Waals surface area (Å²) >= 11 is 2.13. The molecule has 2 rings (SSSR count). The lowest BCUT2D eigenvalue weighted by atomic mass is 10.0. The highest BCUT2D eigenvalue weighted by Crippen LogP contribution is 2.34. The second kappa shape index (κ2) is 7.19. The molecule has 2 unspecified atom stereocenters. The first-order chi connectivity index (χ1) is 8.86. The molecule has 0 aliphatic carbocycles. The van der Waals surface area contributed by atoms with Gasteiger partial charge in [0.05, 0.1) is 11.7 Å². The van der Waals surface area contributed by atoms with Crippen LogP contribution in [0, 0.1) is 0 Å². The molecule has 2 heterocycles. The molecule has 1 aromatic heterocycles. The molecule has 1 aromatic rings. The molecule has 2 atom stereocenters. The number of hydrogen-bond donors (Lipinski definition) is 1. The van der Waals surface area contributed by atoms with Crippen LogP contribution in [0.1, 0.15) is 51.3 Å². The van der Waals surface area contributed by atoms with E-state index >= 15 is 0 Å². The molecule has 0 saturated carbocycles. The van der Waals surface area contributed by atoms with Gasteiger partial charge in [-0.3, -0.25) is 4.68 Å². The van der Waals surface area contributed by atoms with Gasteiger partial charge in [0.15, 0.2) is 0 Å². The molecule has 4 heteroatoms. The number of aryl methyl sites for hydroxylation is 1. The van der Waals surface area contributed by atoms with Crippen LogP contribution in [0.5, 0.6) is 0 Å². The Kier molecular flexibility index (Phi) is 5.57. The van der Waals surface area contributed by atoms with Crippen molar-refractivity contribution in [2.75, 3.05) is 12.3 Å². The van der Waals surface area contributed by atoms with E-state index in [0.29, 0.717) is 11.3 Å². The minimum atomic E-state index is 0.467. The van der Waals surface area contributed by atoms with Gasteiger partial charge in [-0.2, -0.15) is 16.9 Å². The third kappa shape index (κ3) is 3.29. The fourth-order valence-electron chi connectivity index (χ4n) is 2.68. The SMILES string of the molecule is CCCn1nccc1C(NCC)C1CCCCS1. The van der Waals surface area contributed by atoms with Crippen LogP contribution in [-0.4, -0.2) is 27.3 Å². The van der Waals surface area contributed by atoms with Gasteiger partial charge < -0.3 is 5.32 Å². The molecule has 0 radical (unpaired) electrons. The largest absolute Gasteiger partial charge is 0.308 e. The summed E-state index contributed by atoms with van der Waals surface area (Å²) in [5, 5.41) is 8.86.